The Morgan fingerprint density at radius 1 is 1.35 bits per heavy atom. The summed E-state index contributed by atoms with van der Waals surface area (Å²) in [5.41, 5.74) is 1.23. The average molecular weight is 279 g/mol. The van der Waals surface area contributed by atoms with Crippen LogP contribution in [0.1, 0.15) is 12.0 Å². The van der Waals surface area contributed by atoms with Gasteiger partial charge in [0, 0.05) is 19.6 Å². The SMILES string of the molecule is COC(=O)CC1CN(Cc2ccc(OC)cc2)CCO1. The molecule has 1 aliphatic heterocycles. The molecule has 0 spiro atoms. The Hall–Kier alpha value is -1.59. The molecular formula is C15H21NO4. The summed E-state index contributed by atoms with van der Waals surface area (Å²) in [7, 11) is 3.06. The molecule has 1 fully saturated rings. The summed E-state index contributed by atoms with van der Waals surface area (Å²) in [5.74, 6) is 0.639. The molecule has 20 heavy (non-hydrogen) atoms. The molecule has 0 aliphatic carbocycles. The molecule has 1 aromatic carbocycles. The van der Waals surface area contributed by atoms with Crippen LogP contribution in [-0.2, 0) is 20.8 Å². The Labute approximate surface area is 119 Å². The minimum atomic E-state index is -0.221. The zero-order chi connectivity index (χ0) is 14.4. The lowest BCUT2D eigenvalue weighted by Crippen LogP contribution is -2.42. The van der Waals surface area contributed by atoms with Crippen molar-refractivity contribution in [1.29, 1.82) is 0 Å². The van der Waals surface area contributed by atoms with E-state index >= 15 is 0 Å². The van der Waals surface area contributed by atoms with Crippen molar-refractivity contribution in [2.24, 2.45) is 0 Å². The van der Waals surface area contributed by atoms with E-state index in [1.54, 1.807) is 7.11 Å². The second-order valence-electron chi connectivity index (χ2n) is 4.86. The smallest absolute Gasteiger partial charge is 0.308 e. The maximum absolute atomic E-state index is 11.3. The fraction of sp³-hybridized carbons (Fsp3) is 0.533. The lowest BCUT2D eigenvalue weighted by atomic mass is 10.1. The first-order chi connectivity index (χ1) is 9.71. The summed E-state index contributed by atoms with van der Waals surface area (Å²) in [4.78, 5) is 13.6. The predicted octanol–water partition coefficient (Wildman–Crippen LogP) is 1.46. The van der Waals surface area contributed by atoms with Crippen molar-refractivity contribution in [2.75, 3.05) is 33.9 Å². The topological polar surface area (TPSA) is 48.0 Å². The predicted molar refractivity (Wildman–Crippen MR) is 74.6 cm³/mol. The van der Waals surface area contributed by atoms with Gasteiger partial charge in [-0.3, -0.25) is 9.69 Å². The van der Waals surface area contributed by atoms with E-state index in [2.05, 4.69) is 21.8 Å². The van der Waals surface area contributed by atoms with Crippen LogP contribution in [0, 0.1) is 0 Å². The van der Waals surface area contributed by atoms with E-state index in [0.29, 0.717) is 13.0 Å². The quantitative estimate of drug-likeness (QED) is 0.764. The Balaban J connectivity index is 1.87. The summed E-state index contributed by atoms with van der Waals surface area (Å²) >= 11 is 0. The molecule has 1 heterocycles. The number of hydrogen-bond acceptors (Lipinski definition) is 5. The van der Waals surface area contributed by atoms with Crippen molar-refractivity contribution in [3.8, 4) is 5.75 Å². The Morgan fingerprint density at radius 2 is 2.10 bits per heavy atom. The molecule has 1 aliphatic rings. The average Bonchev–Trinajstić information content (AvgIpc) is 2.48. The minimum absolute atomic E-state index is 0.0746. The number of hydrogen-bond donors (Lipinski definition) is 0. The molecule has 0 radical (unpaired) electrons. The molecule has 0 saturated carbocycles. The maximum Gasteiger partial charge on any atom is 0.308 e. The molecule has 1 aromatic rings. The van der Waals surface area contributed by atoms with Gasteiger partial charge in [-0.1, -0.05) is 12.1 Å². The van der Waals surface area contributed by atoms with Gasteiger partial charge in [0.15, 0.2) is 0 Å². The van der Waals surface area contributed by atoms with E-state index in [9.17, 15) is 4.79 Å². The third-order valence-electron chi connectivity index (χ3n) is 3.41. The Bertz CT molecular complexity index is 432. The first-order valence-electron chi connectivity index (χ1n) is 6.75. The van der Waals surface area contributed by atoms with Gasteiger partial charge in [-0.2, -0.15) is 0 Å². The highest BCUT2D eigenvalue weighted by Crippen LogP contribution is 2.16. The van der Waals surface area contributed by atoms with Crippen molar-refractivity contribution < 1.29 is 19.0 Å². The number of carbonyl (C=O) groups excluding carboxylic acids is 1. The molecule has 1 saturated heterocycles. The number of carbonyl (C=O) groups is 1. The molecular weight excluding hydrogens is 258 g/mol. The van der Waals surface area contributed by atoms with E-state index in [1.165, 1.54) is 12.7 Å². The summed E-state index contributed by atoms with van der Waals surface area (Å²) in [6.45, 7) is 3.13. The Morgan fingerprint density at radius 3 is 2.75 bits per heavy atom. The number of benzene rings is 1. The second-order valence-corrected chi connectivity index (χ2v) is 4.86. The van der Waals surface area contributed by atoms with Crippen molar-refractivity contribution in [3.05, 3.63) is 29.8 Å². The van der Waals surface area contributed by atoms with Crippen LogP contribution in [0.4, 0.5) is 0 Å². The zero-order valence-corrected chi connectivity index (χ0v) is 12.0. The molecule has 1 atom stereocenters. The van der Waals surface area contributed by atoms with Gasteiger partial charge in [0.2, 0.25) is 0 Å². The first-order valence-corrected chi connectivity index (χ1v) is 6.75. The van der Waals surface area contributed by atoms with Gasteiger partial charge < -0.3 is 14.2 Å². The van der Waals surface area contributed by atoms with E-state index in [-0.39, 0.29) is 12.1 Å². The van der Waals surface area contributed by atoms with Gasteiger partial charge in [-0.15, -0.1) is 0 Å². The zero-order valence-electron chi connectivity index (χ0n) is 12.0. The molecule has 0 amide bonds. The van der Waals surface area contributed by atoms with Gasteiger partial charge in [0.25, 0.3) is 0 Å². The van der Waals surface area contributed by atoms with Crippen LogP contribution in [-0.4, -0.2) is 50.9 Å². The van der Waals surface area contributed by atoms with Crippen LogP contribution in [0.3, 0.4) is 0 Å². The van der Waals surface area contributed by atoms with Crippen LogP contribution < -0.4 is 4.74 Å². The van der Waals surface area contributed by atoms with Gasteiger partial charge in [-0.05, 0) is 17.7 Å². The minimum Gasteiger partial charge on any atom is -0.497 e. The fourth-order valence-electron chi connectivity index (χ4n) is 2.31. The van der Waals surface area contributed by atoms with Crippen LogP contribution in [0.15, 0.2) is 24.3 Å². The fourth-order valence-corrected chi connectivity index (χ4v) is 2.31. The number of morpholine rings is 1. The summed E-state index contributed by atoms with van der Waals surface area (Å²) in [5, 5.41) is 0. The van der Waals surface area contributed by atoms with Crippen LogP contribution >= 0.6 is 0 Å². The third-order valence-corrected chi connectivity index (χ3v) is 3.41. The lowest BCUT2D eigenvalue weighted by Gasteiger charge is -2.32. The molecule has 0 aromatic heterocycles. The van der Waals surface area contributed by atoms with Crippen molar-refractivity contribution in [1.82, 2.24) is 4.90 Å². The molecule has 1 unspecified atom stereocenters. The second kappa shape index (κ2) is 7.26. The van der Waals surface area contributed by atoms with Gasteiger partial charge >= 0.3 is 5.97 Å². The third kappa shape index (κ3) is 4.21. The van der Waals surface area contributed by atoms with Crippen molar-refractivity contribution >= 4 is 5.97 Å². The van der Waals surface area contributed by atoms with Crippen LogP contribution in [0.5, 0.6) is 5.75 Å². The van der Waals surface area contributed by atoms with Crippen LogP contribution in [0.2, 0.25) is 0 Å². The van der Waals surface area contributed by atoms with Gasteiger partial charge in [0.1, 0.15) is 5.75 Å². The van der Waals surface area contributed by atoms with Crippen molar-refractivity contribution in [3.63, 3.8) is 0 Å². The van der Waals surface area contributed by atoms with E-state index < -0.39 is 0 Å². The maximum atomic E-state index is 11.3. The molecule has 2 rings (SSSR count). The number of esters is 1. The Kier molecular flexibility index (Phi) is 5.38. The van der Waals surface area contributed by atoms with E-state index in [4.69, 9.17) is 9.47 Å². The van der Waals surface area contributed by atoms with Gasteiger partial charge in [0.05, 0.1) is 33.4 Å². The number of methoxy groups -OCH3 is 2. The summed E-state index contributed by atoms with van der Waals surface area (Å²) < 4.78 is 15.4. The highest BCUT2D eigenvalue weighted by Gasteiger charge is 2.23. The normalized spacial score (nSPS) is 19.6. The standard InChI is InChI=1S/C15H21NO4/c1-18-13-5-3-12(4-6-13)10-16-7-8-20-14(11-16)9-15(17)19-2/h3-6,14H,7-11H2,1-2H3. The molecule has 0 bridgehead atoms. The van der Waals surface area contributed by atoms with Gasteiger partial charge in [-0.25, -0.2) is 0 Å². The molecule has 0 N–H and O–H groups in total. The van der Waals surface area contributed by atoms with Crippen LogP contribution in [0.25, 0.3) is 0 Å². The highest BCUT2D eigenvalue weighted by molar-refractivity contribution is 5.69. The molecule has 110 valence electrons. The van der Waals surface area contributed by atoms with E-state index in [1.807, 2.05) is 12.1 Å². The van der Waals surface area contributed by atoms with Crippen molar-refractivity contribution in [2.45, 2.75) is 19.1 Å². The number of ether oxygens (including phenoxy) is 3. The first kappa shape index (κ1) is 14.8. The number of nitrogens with zero attached hydrogens (tertiary/aromatic N) is 1. The lowest BCUT2D eigenvalue weighted by molar-refractivity contribution is -0.145. The van der Waals surface area contributed by atoms with E-state index in [0.717, 1.165) is 25.4 Å². The monoisotopic (exact) mass is 279 g/mol. The summed E-state index contributed by atoms with van der Waals surface area (Å²) in [6.07, 6.45) is 0.241. The largest absolute Gasteiger partial charge is 0.497 e. The molecule has 5 nitrogen and oxygen atoms in total. The molecule has 5 heteroatoms. The summed E-state index contributed by atoms with van der Waals surface area (Å²) in [6, 6.07) is 8.04. The highest BCUT2D eigenvalue weighted by atomic mass is 16.5. The number of rotatable bonds is 5.